The van der Waals surface area contributed by atoms with Crippen LogP contribution in [-0.4, -0.2) is 16.9 Å². The molecule has 0 aliphatic heterocycles. The second-order valence-electron chi connectivity index (χ2n) is 5.67. The summed E-state index contributed by atoms with van der Waals surface area (Å²) in [6.45, 7) is 1.95. The van der Waals surface area contributed by atoms with Gasteiger partial charge in [-0.2, -0.15) is 0 Å². The van der Waals surface area contributed by atoms with Crippen LogP contribution in [0.3, 0.4) is 0 Å². The highest BCUT2D eigenvalue weighted by Crippen LogP contribution is 2.16. The van der Waals surface area contributed by atoms with E-state index in [-0.39, 0.29) is 16.9 Å². The summed E-state index contributed by atoms with van der Waals surface area (Å²) in [4.78, 5) is 23.5. The van der Waals surface area contributed by atoms with E-state index in [0.717, 1.165) is 12.0 Å². The van der Waals surface area contributed by atoms with E-state index in [1.165, 1.54) is 6.08 Å². The summed E-state index contributed by atoms with van der Waals surface area (Å²) in [5, 5.41) is 9.02. The molecule has 0 saturated heterocycles. The molecule has 0 heterocycles. The Balaban J connectivity index is 1.85. The van der Waals surface area contributed by atoms with E-state index in [2.05, 4.69) is 16.0 Å². The van der Waals surface area contributed by atoms with Crippen LogP contribution in [0.2, 0.25) is 5.02 Å². The van der Waals surface area contributed by atoms with Gasteiger partial charge in [-0.05, 0) is 60.6 Å². The highest BCUT2D eigenvalue weighted by atomic mass is 35.5. The van der Waals surface area contributed by atoms with Gasteiger partial charge in [0, 0.05) is 28.9 Å². The molecule has 2 amide bonds. The Labute approximate surface area is 168 Å². The van der Waals surface area contributed by atoms with Crippen molar-refractivity contribution in [3.8, 4) is 0 Å². The first-order valence-electron chi connectivity index (χ1n) is 8.42. The molecule has 5 nitrogen and oxygen atoms in total. The summed E-state index contributed by atoms with van der Waals surface area (Å²) >= 11 is 11.2. The molecule has 2 aromatic rings. The van der Waals surface area contributed by atoms with E-state index in [1.807, 2.05) is 25.1 Å². The maximum absolute atomic E-state index is 11.9. The van der Waals surface area contributed by atoms with E-state index in [1.54, 1.807) is 36.4 Å². The lowest BCUT2D eigenvalue weighted by atomic mass is 10.2. The molecule has 140 valence electrons. The zero-order chi connectivity index (χ0) is 19.6. The van der Waals surface area contributed by atoms with Crippen LogP contribution in [0.4, 0.5) is 11.4 Å². The Bertz CT molecular complexity index is 851. The first kappa shape index (κ1) is 20.6. The first-order valence-corrected chi connectivity index (χ1v) is 9.21. The van der Waals surface area contributed by atoms with Crippen LogP contribution in [0.1, 0.15) is 25.3 Å². The van der Waals surface area contributed by atoms with Crippen LogP contribution in [-0.2, 0) is 9.59 Å². The number of halogens is 1. The largest absolute Gasteiger partial charge is 0.332 e. The van der Waals surface area contributed by atoms with Crippen molar-refractivity contribution in [2.45, 2.75) is 19.8 Å². The molecule has 0 aromatic heterocycles. The molecule has 0 saturated carbocycles. The average molecular weight is 402 g/mol. The normalized spacial score (nSPS) is 10.4. The summed E-state index contributed by atoms with van der Waals surface area (Å²) in [6, 6.07) is 14.3. The van der Waals surface area contributed by atoms with Crippen molar-refractivity contribution in [1.82, 2.24) is 5.32 Å². The van der Waals surface area contributed by atoms with Crippen LogP contribution < -0.4 is 16.0 Å². The van der Waals surface area contributed by atoms with E-state index in [0.29, 0.717) is 22.8 Å². The molecule has 0 bridgehead atoms. The molecule has 2 aromatic carbocycles. The number of benzene rings is 2. The summed E-state index contributed by atoms with van der Waals surface area (Å²) < 4.78 is 0. The van der Waals surface area contributed by atoms with Crippen molar-refractivity contribution in [2.75, 3.05) is 10.6 Å². The molecule has 2 rings (SSSR count). The molecule has 0 aliphatic carbocycles. The molecule has 0 fully saturated rings. The van der Waals surface area contributed by atoms with Crippen LogP contribution in [0, 0.1) is 0 Å². The SMILES string of the molecule is CCCC(=O)Nc1ccc(NC(=S)NC(=O)/C=C/c2ccccc2Cl)cc1. The van der Waals surface area contributed by atoms with Crippen molar-refractivity contribution < 1.29 is 9.59 Å². The second-order valence-corrected chi connectivity index (χ2v) is 6.49. The number of hydrogen-bond donors (Lipinski definition) is 3. The van der Waals surface area contributed by atoms with E-state index in [9.17, 15) is 9.59 Å². The molecule has 3 N–H and O–H groups in total. The number of thiocarbonyl (C=S) groups is 1. The lowest BCUT2D eigenvalue weighted by Gasteiger charge is -2.09. The van der Waals surface area contributed by atoms with Crippen LogP contribution in [0.25, 0.3) is 6.08 Å². The fraction of sp³-hybridized carbons (Fsp3) is 0.150. The number of hydrogen-bond acceptors (Lipinski definition) is 3. The standard InChI is InChI=1S/C20H20ClN3O2S/c1-2-5-18(25)22-15-9-11-16(12-10-15)23-20(27)24-19(26)13-8-14-6-3-4-7-17(14)21/h3-4,6-13H,2,5H2,1H3,(H,22,25)(H2,23,24,26,27)/b13-8+. The lowest BCUT2D eigenvalue weighted by molar-refractivity contribution is -0.116. The van der Waals surface area contributed by atoms with Gasteiger partial charge in [-0.15, -0.1) is 0 Å². The highest BCUT2D eigenvalue weighted by molar-refractivity contribution is 7.80. The molecule has 0 radical (unpaired) electrons. The quantitative estimate of drug-likeness (QED) is 0.488. The second kappa shape index (κ2) is 10.4. The molecular weight excluding hydrogens is 382 g/mol. The molecule has 0 aliphatic rings. The van der Waals surface area contributed by atoms with Crippen molar-refractivity contribution in [3.05, 3.63) is 65.2 Å². The summed E-state index contributed by atoms with van der Waals surface area (Å²) in [6.07, 6.45) is 4.26. The fourth-order valence-corrected chi connectivity index (χ4v) is 2.60. The predicted octanol–water partition coefficient (Wildman–Crippen LogP) is 4.61. The van der Waals surface area contributed by atoms with Gasteiger partial charge in [-0.25, -0.2) is 0 Å². The van der Waals surface area contributed by atoms with Gasteiger partial charge in [0.2, 0.25) is 11.8 Å². The minimum Gasteiger partial charge on any atom is -0.332 e. The Morgan fingerprint density at radius 3 is 2.30 bits per heavy atom. The number of rotatable bonds is 6. The molecule has 7 heteroatoms. The smallest absolute Gasteiger partial charge is 0.250 e. The number of nitrogens with one attached hydrogen (secondary N) is 3. The van der Waals surface area contributed by atoms with Crippen molar-refractivity contribution >= 4 is 58.2 Å². The van der Waals surface area contributed by atoms with Gasteiger partial charge in [0.25, 0.3) is 0 Å². The van der Waals surface area contributed by atoms with Gasteiger partial charge < -0.3 is 10.6 Å². The summed E-state index contributed by atoms with van der Waals surface area (Å²) in [5.41, 5.74) is 2.15. The number of anilines is 2. The van der Waals surface area contributed by atoms with Gasteiger partial charge in [0.15, 0.2) is 5.11 Å². The van der Waals surface area contributed by atoms with Gasteiger partial charge in [-0.1, -0.05) is 36.7 Å². The molecule has 0 spiro atoms. The predicted molar refractivity (Wildman–Crippen MR) is 115 cm³/mol. The Morgan fingerprint density at radius 2 is 1.67 bits per heavy atom. The van der Waals surface area contributed by atoms with E-state index >= 15 is 0 Å². The third-order valence-corrected chi connectivity index (χ3v) is 4.01. The third kappa shape index (κ3) is 7.21. The van der Waals surface area contributed by atoms with Crippen LogP contribution >= 0.6 is 23.8 Å². The molecule has 0 atom stereocenters. The first-order chi connectivity index (χ1) is 13.0. The van der Waals surface area contributed by atoms with Crippen LogP contribution in [0.15, 0.2) is 54.6 Å². The zero-order valence-corrected chi connectivity index (χ0v) is 16.4. The topological polar surface area (TPSA) is 70.2 Å². The maximum atomic E-state index is 11.9. The minimum atomic E-state index is -0.365. The summed E-state index contributed by atoms with van der Waals surface area (Å²) in [5.74, 6) is -0.387. The molecule has 0 unspecified atom stereocenters. The van der Waals surface area contributed by atoms with Crippen LogP contribution in [0.5, 0.6) is 0 Å². The lowest BCUT2D eigenvalue weighted by Crippen LogP contribution is -2.32. The van der Waals surface area contributed by atoms with Gasteiger partial charge in [-0.3, -0.25) is 14.9 Å². The number of carbonyl (C=O) groups is 2. The number of amides is 2. The Morgan fingerprint density at radius 1 is 1.04 bits per heavy atom. The fourth-order valence-electron chi connectivity index (χ4n) is 2.18. The van der Waals surface area contributed by atoms with Crippen molar-refractivity contribution in [2.24, 2.45) is 0 Å². The zero-order valence-electron chi connectivity index (χ0n) is 14.8. The monoisotopic (exact) mass is 401 g/mol. The third-order valence-electron chi connectivity index (χ3n) is 3.46. The highest BCUT2D eigenvalue weighted by Gasteiger charge is 2.04. The minimum absolute atomic E-state index is 0.0219. The van der Waals surface area contributed by atoms with Crippen molar-refractivity contribution in [3.63, 3.8) is 0 Å². The molecule has 27 heavy (non-hydrogen) atoms. The van der Waals surface area contributed by atoms with Gasteiger partial charge in [0.05, 0.1) is 0 Å². The van der Waals surface area contributed by atoms with E-state index < -0.39 is 0 Å². The maximum Gasteiger partial charge on any atom is 0.250 e. The Hall–Kier alpha value is -2.70. The number of carbonyl (C=O) groups excluding carboxylic acids is 2. The molecular formula is C20H20ClN3O2S. The van der Waals surface area contributed by atoms with Gasteiger partial charge in [0.1, 0.15) is 0 Å². The van der Waals surface area contributed by atoms with E-state index in [4.69, 9.17) is 23.8 Å². The summed E-state index contributed by atoms with van der Waals surface area (Å²) in [7, 11) is 0. The van der Waals surface area contributed by atoms with Gasteiger partial charge >= 0.3 is 0 Å². The average Bonchev–Trinajstić information content (AvgIpc) is 2.63. The van der Waals surface area contributed by atoms with Crippen molar-refractivity contribution in [1.29, 1.82) is 0 Å². The Kier molecular flexibility index (Phi) is 7.98.